The molecule has 0 bridgehead atoms. The molecular weight excluding hydrogens is 297 g/mol. The zero-order chi connectivity index (χ0) is 15.2. The Hall–Kier alpha value is -1.61. The normalized spacial score (nSPS) is 12.8. The number of hydrogen-bond donors (Lipinski definition) is 3. The van der Waals surface area contributed by atoms with Gasteiger partial charge >= 0.3 is 18.0 Å². The van der Waals surface area contributed by atoms with Crippen molar-refractivity contribution in [2.75, 3.05) is 13.1 Å². The maximum absolute atomic E-state index is 11.8. The molecule has 1 aromatic rings. The number of amides is 2. The predicted molar refractivity (Wildman–Crippen MR) is 66.0 cm³/mol. The number of aliphatic hydroxyl groups is 1. The van der Waals surface area contributed by atoms with E-state index in [0.717, 1.165) is 0 Å². The zero-order valence-corrected chi connectivity index (χ0v) is 11.1. The quantitative estimate of drug-likeness (QED) is 0.709. The molecule has 0 radical (unpaired) electrons. The van der Waals surface area contributed by atoms with Crippen LogP contribution in [0.15, 0.2) is 16.8 Å². The summed E-state index contributed by atoms with van der Waals surface area (Å²) in [6, 6.07) is 1.72. The van der Waals surface area contributed by atoms with Crippen LogP contribution in [0, 0.1) is 0 Å². The highest BCUT2D eigenvalue weighted by atomic mass is 32.1. The third-order valence-corrected chi connectivity index (χ3v) is 2.99. The fourth-order valence-electron chi connectivity index (χ4n) is 1.29. The summed E-state index contributed by atoms with van der Waals surface area (Å²) in [6.07, 6.45) is -5.19. The van der Waals surface area contributed by atoms with Crippen molar-refractivity contribution in [1.29, 1.82) is 0 Å². The van der Waals surface area contributed by atoms with Gasteiger partial charge in [0.1, 0.15) is 6.54 Å². The molecule has 20 heavy (non-hydrogen) atoms. The first kappa shape index (κ1) is 16.4. The molecular formula is C11H13F3N2O3S. The van der Waals surface area contributed by atoms with Gasteiger partial charge in [0.15, 0.2) is 0 Å². The molecule has 0 fully saturated rings. The summed E-state index contributed by atoms with van der Waals surface area (Å²) >= 11 is 1.40. The number of hydrogen-bond acceptors (Lipinski definition) is 4. The molecule has 112 valence electrons. The minimum Gasteiger partial charge on any atom is -0.388 e. The monoisotopic (exact) mass is 310 g/mol. The Morgan fingerprint density at radius 2 is 1.95 bits per heavy atom. The molecule has 0 aliphatic rings. The Labute approximate surface area is 116 Å². The third kappa shape index (κ3) is 6.02. The lowest BCUT2D eigenvalue weighted by Crippen LogP contribution is -2.43. The molecule has 1 rings (SSSR count). The minimum absolute atomic E-state index is 0.0186. The highest BCUT2D eigenvalue weighted by Crippen LogP contribution is 2.18. The predicted octanol–water partition coefficient (Wildman–Crippen LogP) is 0.966. The highest BCUT2D eigenvalue weighted by molar-refractivity contribution is 7.07. The molecule has 0 saturated carbocycles. The number of aliphatic hydroxyl groups excluding tert-OH is 1. The first-order chi connectivity index (χ1) is 9.29. The summed E-state index contributed by atoms with van der Waals surface area (Å²) in [5, 5.41) is 16.8. The van der Waals surface area contributed by atoms with E-state index in [0.29, 0.717) is 5.56 Å². The maximum Gasteiger partial charge on any atom is 0.405 e. The fourth-order valence-corrected chi connectivity index (χ4v) is 2.00. The maximum atomic E-state index is 11.8. The molecule has 1 unspecified atom stereocenters. The van der Waals surface area contributed by atoms with Crippen molar-refractivity contribution in [3.8, 4) is 0 Å². The van der Waals surface area contributed by atoms with Crippen molar-refractivity contribution >= 4 is 23.2 Å². The molecule has 3 N–H and O–H groups in total. The highest BCUT2D eigenvalue weighted by Gasteiger charge is 2.29. The van der Waals surface area contributed by atoms with Crippen LogP contribution in [-0.2, 0) is 9.59 Å². The Balaban J connectivity index is 2.24. The number of nitrogens with one attached hydrogen (secondary N) is 2. The van der Waals surface area contributed by atoms with E-state index in [4.69, 9.17) is 0 Å². The Morgan fingerprint density at radius 1 is 1.30 bits per heavy atom. The smallest absolute Gasteiger partial charge is 0.388 e. The van der Waals surface area contributed by atoms with Gasteiger partial charge in [0.05, 0.1) is 6.10 Å². The van der Waals surface area contributed by atoms with Gasteiger partial charge in [0, 0.05) is 6.54 Å². The SMILES string of the molecule is O=C(NCCC(O)c1ccsc1)C(=O)NCC(F)(F)F. The van der Waals surface area contributed by atoms with Gasteiger partial charge in [-0.1, -0.05) is 0 Å². The largest absolute Gasteiger partial charge is 0.405 e. The first-order valence-electron chi connectivity index (χ1n) is 5.62. The molecule has 5 nitrogen and oxygen atoms in total. The molecule has 0 aliphatic heterocycles. The van der Waals surface area contributed by atoms with Crippen LogP contribution in [-0.4, -0.2) is 36.2 Å². The first-order valence-corrected chi connectivity index (χ1v) is 6.57. The second kappa shape index (κ2) is 7.25. The average Bonchev–Trinajstić information content (AvgIpc) is 2.88. The van der Waals surface area contributed by atoms with E-state index in [9.17, 15) is 27.9 Å². The molecule has 0 aliphatic carbocycles. The molecule has 2 amide bonds. The van der Waals surface area contributed by atoms with Gasteiger partial charge in [-0.15, -0.1) is 0 Å². The number of thiophene rings is 1. The summed E-state index contributed by atoms with van der Waals surface area (Å²) in [4.78, 5) is 22.2. The Morgan fingerprint density at radius 3 is 2.50 bits per heavy atom. The Bertz CT molecular complexity index is 448. The summed E-state index contributed by atoms with van der Waals surface area (Å²) in [6.45, 7) is -1.58. The number of halogens is 3. The second-order valence-electron chi connectivity index (χ2n) is 3.91. The van der Waals surface area contributed by atoms with Gasteiger partial charge in [-0.25, -0.2) is 0 Å². The summed E-state index contributed by atoms with van der Waals surface area (Å²) in [5.41, 5.74) is 0.686. The second-order valence-corrected chi connectivity index (χ2v) is 4.69. The van der Waals surface area contributed by atoms with E-state index in [1.807, 2.05) is 0 Å². The van der Waals surface area contributed by atoms with E-state index in [-0.39, 0.29) is 13.0 Å². The van der Waals surface area contributed by atoms with E-state index in [1.54, 1.807) is 16.8 Å². The number of rotatable bonds is 5. The van der Waals surface area contributed by atoms with Crippen molar-refractivity contribution in [2.24, 2.45) is 0 Å². The van der Waals surface area contributed by atoms with E-state index >= 15 is 0 Å². The van der Waals surface area contributed by atoms with Gasteiger partial charge in [0.25, 0.3) is 0 Å². The number of carbonyl (C=O) groups is 2. The molecule has 1 heterocycles. The van der Waals surface area contributed by atoms with Crippen LogP contribution in [0.4, 0.5) is 13.2 Å². The molecule has 0 saturated heterocycles. The number of alkyl halides is 3. The van der Waals surface area contributed by atoms with Crippen molar-refractivity contribution in [3.05, 3.63) is 22.4 Å². The van der Waals surface area contributed by atoms with Crippen LogP contribution >= 0.6 is 11.3 Å². The molecule has 1 aromatic heterocycles. The summed E-state index contributed by atoms with van der Waals surface area (Å²) < 4.78 is 35.4. The van der Waals surface area contributed by atoms with Gasteiger partial charge in [0.2, 0.25) is 0 Å². The van der Waals surface area contributed by atoms with Crippen LogP contribution < -0.4 is 10.6 Å². The molecule has 0 aromatic carbocycles. The molecule has 0 spiro atoms. The van der Waals surface area contributed by atoms with Crippen molar-refractivity contribution < 1.29 is 27.9 Å². The third-order valence-electron chi connectivity index (χ3n) is 2.29. The molecule has 9 heteroatoms. The van der Waals surface area contributed by atoms with Crippen molar-refractivity contribution in [1.82, 2.24) is 10.6 Å². The van der Waals surface area contributed by atoms with Crippen LogP contribution in [0.5, 0.6) is 0 Å². The topological polar surface area (TPSA) is 78.4 Å². The standard InChI is InChI=1S/C11H13F3N2O3S/c12-11(13,14)6-16-10(19)9(18)15-3-1-8(17)7-2-4-20-5-7/h2,4-5,8,17H,1,3,6H2,(H,15,18)(H,16,19). The fraction of sp³-hybridized carbons (Fsp3) is 0.455. The van der Waals surface area contributed by atoms with Gasteiger partial charge in [-0.3, -0.25) is 9.59 Å². The van der Waals surface area contributed by atoms with Gasteiger partial charge in [-0.05, 0) is 28.8 Å². The lowest BCUT2D eigenvalue weighted by Gasteiger charge is -2.10. The van der Waals surface area contributed by atoms with Crippen LogP contribution in [0.25, 0.3) is 0 Å². The summed E-state index contributed by atoms with van der Waals surface area (Å²) in [5.74, 6) is -2.51. The minimum atomic E-state index is -4.56. The lowest BCUT2D eigenvalue weighted by atomic mass is 10.1. The Kier molecular flexibility index (Phi) is 5.96. The lowest BCUT2D eigenvalue weighted by molar-refractivity contribution is -0.146. The van der Waals surface area contributed by atoms with E-state index in [2.05, 4.69) is 5.32 Å². The van der Waals surface area contributed by atoms with Crippen LogP contribution in [0.3, 0.4) is 0 Å². The van der Waals surface area contributed by atoms with Gasteiger partial charge in [-0.2, -0.15) is 24.5 Å². The van der Waals surface area contributed by atoms with Crippen LogP contribution in [0.2, 0.25) is 0 Å². The van der Waals surface area contributed by atoms with E-state index in [1.165, 1.54) is 16.7 Å². The zero-order valence-electron chi connectivity index (χ0n) is 10.2. The van der Waals surface area contributed by atoms with Gasteiger partial charge < -0.3 is 15.7 Å². The van der Waals surface area contributed by atoms with Crippen LogP contribution in [0.1, 0.15) is 18.1 Å². The average molecular weight is 310 g/mol. The van der Waals surface area contributed by atoms with Crippen molar-refractivity contribution in [3.63, 3.8) is 0 Å². The van der Waals surface area contributed by atoms with Crippen molar-refractivity contribution in [2.45, 2.75) is 18.7 Å². The number of carbonyl (C=O) groups excluding carboxylic acids is 2. The molecule has 1 atom stereocenters. The van der Waals surface area contributed by atoms with E-state index < -0.39 is 30.6 Å². The summed E-state index contributed by atoms with van der Waals surface area (Å²) in [7, 11) is 0.